The summed E-state index contributed by atoms with van der Waals surface area (Å²) in [6, 6.07) is 3.76. The lowest BCUT2D eigenvalue weighted by Gasteiger charge is -2.15. The van der Waals surface area contributed by atoms with Gasteiger partial charge in [-0.05, 0) is 13.0 Å². The highest BCUT2D eigenvalue weighted by molar-refractivity contribution is 14.0. The number of likely N-dealkylation sites (N-methyl/N-ethyl adjacent to an activating group) is 1. The predicted octanol–water partition coefficient (Wildman–Crippen LogP) is 0.877. The van der Waals surface area contributed by atoms with Gasteiger partial charge >= 0.3 is 0 Å². The van der Waals surface area contributed by atoms with Gasteiger partial charge in [-0.25, -0.2) is 0 Å². The first-order chi connectivity index (χ1) is 8.22. The van der Waals surface area contributed by atoms with E-state index in [2.05, 4.69) is 15.2 Å². The van der Waals surface area contributed by atoms with Crippen LogP contribution in [0.2, 0.25) is 0 Å². The van der Waals surface area contributed by atoms with E-state index in [9.17, 15) is 4.79 Å². The topological polar surface area (TPSA) is 49.6 Å². The van der Waals surface area contributed by atoms with E-state index >= 15 is 0 Å². The Morgan fingerprint density at radius 2 is 2.28 bits per heavy atom. The molecule has 0 aromatic carbocycles. The summed E-state index contributed by atoms with van der Waals surface area (Å²) in [5, 5.41) is 3.20. The molecule has 5 nitrogen and oxygen atoms in total. The van der Waals surface area contributed by atoms with E-state index in [1.807, 2.05) is 32.3 Å². The molecular formula is C12H19IN4O. The van der Waals surface area contributed by atoms with Gasteiger partial charge in [-0.1, -0.05) is 6.07 Å². The van der Waals surface area contributed by atoms with Crippen LogP contribution in [0.1, 0.15) is 12.5 Å². The lowest BCUT2D eigenvalue weighted by atomic mass is 10.2. The number of aromatic nitrogens is 1. The number of aryl methyl sites for hydroxylation is 1. The number of nitrogens with zero attached hydrogens (tertiary/aromatic N) is 3. The third kappa shape index (κ3) is 3.24. The van der Waals surface area contributed by atoms with Crippen molar-refractivity contribution in [1.29, 1.82) is 0 Å². The van der Waals surface area contributed by atoms with Crippen molar-refractivity contribution in [2.45, 2.75) is 20.0 Å². The third-order valence-electron chi connectivity index (χ3n) is 2.94. The third-order valence-corrected chi connectivity index (χ3v) is 2.94. The molecule has 100 valence electrons. The first-order valence-corrected chi connectivity index (χ1v) is 5.90. The van der Waals surface area contributed by atoms with Crippen LogP contribution in [0.5, 0.6) is 0 Å². The van der Waals surface area contributed by atoms with Gasteiger partial charge in [0.15, 0.2) is 5.96 Å². The maximum Gasteiger partial charge on any atom is 0.255 e. The van der Waals surface area contributed by atoms with Crippen LogP contribution in [0.25, 0.3) is 0 Å². The lowest BCUT2D eigenvalue weighted by molar-refractivity contribution is 0.533. The summed E-state index contributed by atoms with van der Waals surface area (Å²) in [5.74, 6) is 0.872. The van der Waals surface area contributed by atoms with Crippen molar-refractivity contribution in [2.24, 2.45) is 4.99 Å². The fourth-order valence-corrected chi connectivity index (χ4v) is 1.87. The largest absolute Gasteiger partial charge is 0.352 e. The highest BCUT2D eigenvalue weighted by Gasteiger charge is 2.12. The average Bonchev–Trinajstić information content (AvgIpc) is 2.74. The second-order valence-electron chi connectivity index (χ2n) is 4.11. The van der Waals surface area contributed by atoms with Gasteiger partial charge in [-0.3, -0.25) is 9.79 Å². The van der Waals surface area contributed by atoms with Gasteiger partial charge in [0.05, 0.1) is 6.54 Å². The molecule has 0 spiro atoms. The molecule has 1 N–H and O–H groups in total. The summed E-state index contributed by atoms with van der Waals surface area (Å²) in [6.45, 7) is 4.97. The molecule has 0 unspecified atom stereocenters. The number of guanidine groups is 1. The van der Waals surface area contributed by atoms with Crippen LogP contribution in [0.15, 0.2) is 28.1 Å². The van der Waals surface area contributed by atoms with Crippen molar-refractivity contribution < 1.29 is 0 Å². The van der Waals surface area contributed by atoms with Crippen molar-refractivity contribution in [3.63, 3.8) is 0 Å². The van der Waals surface area contributed by atoms with E-state index < -0.39 is 0 Å². The summed E-state index contributed by atoms with van der Waals surface area (Å²) >= 11 is 0. The van der Waals surface area contributed by atoms with E-state index in [1.54, 1.807) is 4.57 Å². The molecule has 0 saturated heterocycles. The molecule has 0 saturated carbocycles. The van der Waals surface area contributed by atoms with Crippen LogP contribution >= 0.6 is 24.0 Å². The number of hydrogen-bond donors (Lipinski definition) is 1. The Kier molecular flexibility index (Phi) is 5.64. The molecule has 2 heterocycles. The van der Waals surface area contributed by atoms with Crippen molar-refractivity contribution in [3.05, 3.63) is 34.2 Å². The summed E-state index contributed by atoms with van der Waals surface area (Å²) in [6.07, 6.45) is 1.81. The summed E-state index contributed by atoms with van der Waals surface area (Å²) in [4.78, 5) is 18.3. The van der Waals surface area contributed by atoms with Gasteiger partial charge in [0.2, 0.25) is 0 Å². The normalized spacial score (nSPS) is 14.1. The van der Waals surface area contributed by atoms with Crippen molar-refractivity contribution in [1.82, 2.24) is 14.8 Å². The SMILES string of the molecule is CCn1cccc(CNC2=NCCN2C)c1=O.I. The first kappa shape index (κ1) is 15.0. The van der Waals surface area contributed by atoms with Crippen LogP contribution in [0, 0.1) is 0 Å². The van der Waals surface area contributed by atoms with E-state index in [4.69, 9.17) is 0 Å². The van der Waals surface area contributed by atoms with E-state index in [-0.39, 0.29) is 29.5 Å². The van der Waals surface area contributed by atoms with Gasteiger partial charge in [0.1, 0.15) is 0 Å². The molecule has 0 radical (unpaired) electrons. The minimum atomic E-state index is 0. The zero-order valence-electron chi connectivity index (χ0n) is 10.7. The van der Waals surface area contributed by atoms with Gasteiger partial charge in [-0.15, -0.1) is 24.0 Å². The Morgan fingerprint density at radius 1 is 1.50 bits per heavy atom. The Labute approximate surface area is 124 Å². The molecule has 6 heteroatoms. The fourth-order valence-electron chi connectivity index (χ4n) is 1.87. The molecule has 2 rings (SSSR count). The quantitative estimate of drug-likeness (QED) is 0.813. The van der Waals surface area contributed by atoms with Gasteiger partial charge < -0.3 is 14.8 Å². The molecule has 0 fully saturated rings. The molecular weight excluding hydrogens is 343 g/mol. The molecule has 1 aromatic rings. The Balaban J connectivity index is 0.00000162. The molecule has 0 amide bonds. The zero-order chi connectivity index (χ0) is 12.3. The highest BCUT2D eigenvalue weighted by atomic mass is 127. The summed E-state index contributed by atoms with van der Waals surface area (Å²) < 4.78 is 1.71. The monoisotopic (exact) mass is 362 g/mol. The standard InChI is InChI=1S/C12H18N4O.HI/c1-3-16-7-4-5-10(11(16)17)9-14-12-13-6-8-15(12)2;/h4-5,7H,3,6,8-9H2,1-2H3,(H,13,14);1H. The Hall–Kier alpha value is -1.05. The van der Waals surface area contributed by atoms with Crippen molar-refractivity contribution >= 4 is 29.9 Å². The van der Waals surface area contributed by atoms with Crippen LogP contribution < -0.4 is 10.9 Å². The van der Waals surface area contributed by atoms with Crippen LogP contribution in [-0.2, 0) is 13.1 Å². The predicted molar refractivity (Wildman–Crippen MR) is 83.6 cm³/mol. The van der Waals surface area contributed by atoms with Crippen LogP contribution in [0.3, 0.4) is 0 Å². The minimum absolute atomic E-state index is 0. The smallest absolute Gasteiger partial charge is 0.255 e. The van der Waals surface area contributed by atoms with E-state index in [0.717, 1.165) is 24.6 Å². The lowest BCUT2D eigenvalue weighted by Crippen LogP contribution is -2.36. The maximum absolute atomic E-state index is 12.0. The molecule has 18 heavy (non-hydrogen) atoms. The zero-order valence-corrected chi connectivity index (χ0v) is 13.0. The maximum atomic E-state index is 12.0. The molecule has 1 aliphatic heterocycles. The molecule has 1 aliphatic rings. The van der Waals surface area contributed by atoms with Crippen LogP contribution in [-0.4, -0.2) is 35.6 Å². The number of aliphatic imine (C=N–C) groups is 1. The van der Waals surface area contributed by atoms with Crippen molar-refractivity contribution in [3.8, 4) is 0 Å². The Bertz CT molecular complexity index is 483. The minimum Gasteiger partial charge on any atom is -0.352 e. The number of hydrogen-bond acceptors (Lipinski definition) is 4. The van der Waals surface area contributed by atoms with Crippen molar-refractivity contribution in [2.75, 3.05) is 20.1 Å². The van der Waals surface area contributed by atoms with Gasteiger partial charge in [0.25, 0.3) is 5.56 Å². The molecule has 0 bridgehead atoms. The molecule has 1 aromatic heterocycles. The highest BCUT2D eigenvalue weighted by Crippen LogP contribution is 1.97. The molecule has 0 aliphatic carbocycles. The number of rotatable bonds is 3. The van der Waals surface area contributed by atoms with Crippen LogP contribution in [0.4, 0.5) is 0 Å². The number of halogens is 1. The van der Waals surface area contributed by atoms with E-state index in [0.29, 0.717) is 13.1 Å². The average molecular weight is 362 g/mol. The fraction of sp³-hybridized carbons (Fsp3) is 0.500. The second kappa shape index (κ2) is 6.77. The van der Waals surface area contributed by atoms with Gasteiger partial charge in [-0.2, -0.15) is 0 Å². The first-order valence-electron chi connectivity index (χ1n) is 5.90. The van der Waals surface area contributed by atoms with Gasteiger partial charge in [0, 0.05) is 38.4 Å². The summed E-state index contributed by atoms with van der Waals surface area (Å²) in [7, 11) is 1.99. The molecule has 0 atom stereocenters. The Morgan fingerprint density at radius 3 is 2.89 bits per heavy atom. The summed E-state index contributed by atoms with van der Waals surface area (Å²) in [5.41, 5.74) is 0.848. The number of nitrogens with one attached hydrogen (secondary N) is 1. The van der Waals surface area contributed by atoms with E-state index in [1.165, 1.54) is 0 Å². The second-order valence-corrected chi connectivity index (χ2v) is 4.11. The number of pyridine rings is 1.